The van der Waals surface area contributed by atoms with Crippen LogP contribution < -0.4 is 14.8 Å². The molecular weight excluding hydrogens is 306 g/mol. The maximum absolute atomic E-state index is 11.5. The number of ether oxygens (including phenoxy) is 4. The van der Waals surface area contributed by atoms with Gasteiger partial charge in [0.1, 0.15) is 0 Å². The molecule has 0 aliphatic rings. The van der Waals surface area contributed by atoms with Gasteiger partial charge in [-0.2, -0.15) is 0 Å². The summed E-state index contributed by atoms with van der Waals surface area (Å²) in [6.45, 7) is 3.84. The molecule has 0 saturated carbocycles. The van der Waals surface area contributed by atoms with Gasteiger partial charge in [-0.15, -0.1) is 0 Å². The van der Waals surface area contributed by atoms with Crippen LogP contribution in [-0.4, -0.2) is 44.2 Å². The van der Waals surface area contributed by atoms with Crippen molar-refractivity contribution in [2.45, 2.75) is 20.0 Å². The van der Waals surface area contributed by atoms with Gasteiger partial charge in [0, 0.05) is 6.54 Å². The van der Waals surface area contributed by atoms with Crippen LogP contribution in [0.2, 0.25) is 0 Å². The van der Waals surface area contributed by atoms with Crippen LogP contribution in [0.3, 0.4) is 0 Å². The monoisotopic (exact) mass is 327 g/mol. The van der Waals surface area contributed by atoms with Gasteiger partial charge in [0.2, 0.25) is 0 Å². The van der Waals surface area contributed by atoms with Crippen LogP contribution in [0.5, 0.6) is 11.5 Å². The minimum Gasteiger partial charge on any atom is -0.434 e. The number of aliphatic hydroxyl groups excluding tert-OH is 1. The van der Waals surface area contributed by atoms with Crippen molar-refractivity contribution >= 4 is 12.3 Å². The molecule has 2 N–H and O–H groups in total. The van der Waals surface area contributed by atoms with Gasteiger partial charge in [0.25, 0.3) is 0 Å². The molecule has 0 spiro atoms. The molecule has 0 radical (unpaired) electrons. The lowest BCUT2D eigenvalue weighted by Gasteiger charge is -2.14. The fraction of sp³-hybridized carbons (Fsp3) is 0.467. The van der Waals surface area contributed by atoms with Gasteiger partial charge in [0.15, 0.2) is 11.5 Å². The van der Waals surface area contributed by atoms with Gasteiger partial charge in [-0.25, -0.2) is 9.59 Å². The van der Waals surface area contributed by atoms with Crippen LogP contribution in [0.1, 0.15) is 25.5 Å². The van der Waals surface area contributed by atoms with Gasteiger partial charge in [-0.05, 0) is 38.6 Å². The van der Waals surface area contributed by atoms with E-state index in [1.54, 1.807) is 27.0 Å². The maximum Gasteiger partial charge on any atom is 0.513 e. The van der Waals surface area contributed by atoms with E-state index >= 15 is 0 Å². The number of carbonyl (C=O) groups excluding carboxylic acids is 2. The van der Waals surface area contributed by atoms with Crippen molar-refractivity contribution < 1.29 is 33.6 Å². The van der Waals surface area contributed by atoms with Crippen molar-refractivity contribution in [3.05, 3.63) is 23.8 Å². The molecular formula is C15H21NO7. The van der Waals surface area contributed by atoms with E-state index in [1.807, 2.05) is 0 Å². The minimum absolute atomic E-state index is 0.0167. The summed E-state index contributed by atoms with van der Waals surface area (Å²) in [7, 11) is 1.69. The topological polar surface area (TPSA) is 103 Å². The molecule has 0 amide bonds. The fourth-order valence-corrected chi connectivity index (χ4v) is 1.68. The molecule has 1 aromatic carbocycles. The molecule has 0 unspecified atom stereocenters. The smallest absolute Gasteiger partial charge is 0.434 e. The lowest BCUT2D eigenvalue weighted by molar-refractivity contribution is 0.0937. The summed E-state index contributed by atoms with van der Waals surface area (Å²) < 4.78 is 19.3. The Bertz CT molecular complexity index is 533. The van der Waals surface area contributed by atoms with E-state index in [-0.39, 0.29) is 24.7 Å². The summed E-state index contributed by atoms with van der Waals surface area (Å²) in [5.74, 6) is -0.0685. The first-order chi connectivity index (χ1) is 11.0. The second-order valence-corrected chi connectivity index (χ2v) is 4.35. The number of aliphatic hydroxyl groups is 1. The molecule has 1 atom stereocenters. The molecule has 0 bridgehead atoms. The normalized spacial score (nSPS) is 11.5. The van der Waals surface area contributed by atoms with E-state index in [2.05, 4.69) is 10.1 Å². The highest BCUT2D eigenvalue weighted by Gasteiger charge is 2.18. The highest BCUT2D eigenvalue weighted by molar-refractivity contribution is 5.69. The number of nitrogens with one attached hydrogen (secondary N) is 1. The van der Waals surface area contributed by atoms with E-state index in [1.165, 1.54) is 12.1 Å². The molecule has 0 heterocycles. The van der Waals surface area contributed by atoms with Crippen molar-refractivity contribution in [2.24, 2.45) is 0 Å². The van der Waals surface area contributed by atoms with E-state index in [0.717, 1.165) is 0 Å². The van der Waals surface area contributed by atoms with Crippen LogP contribution in [-0.2, 0) is 9.47 Å². The first-order valence-electron chi connectivity index (χ1n) is 7.17. The molecule has 1 aromatic rings. The molecule has 0 aliphatic carbocycles. The molecule has 0 saturated heterocycles. The van der Waals surface area contributed by atoms with Gasteiger partial charge in [-0.1, -0.05) is 6.07 Å². The Labute approximate surface area is 134 Å². The molecule has 0 aromatic heterocycles. The standard InChI is InChI=1S/C15H21NO7/c1-4-20-14(18)22-12-7-6-10(11(17)9-16-3)8-13(12)23-15(19)21-5-2/h6-8,11,16-17H,4-5,9H2,1-3H3/t11-/m0/s1. The molecule has 23 heavy (non-hydrogen) atoms. The predicted molar refractivity (Wildman–Crippen MR) is 80.6 cm³/mol. The highest BCUT2D eigenvalue weighted by atomic mass is 16.7. The number of hydrogen-bond donors (Lipinski definition) is 2. The van der Waals surface area contributed by atoms with E-state index < -0.39 is 18.4 Å². The summed E-state index contributed by atoms with van der Waals surface area (Å²) in [5.41, 5.74) is 0.481. The zero-order chi connectivity index (χ0) is 17.2. The number of carbonyl (C=O) groups is 2. The van der Waals surface area contributed by atoms with Gasteiger partial charge in [-0.3, -0.25) is 0 Å². The van der Waals surface area contributed by atoms with Crippen LogP contribution in [0, 0.1) is 0 Å². The summed E-state index contributed by atoms with van der Waals surface area (Å²) >= 11 is 0. The number of benzene rings is 1. The summed E-state index contributed by atoms with van der Waals surface area (Å²) in [5, 5.41) is 12.8. The van der Waals surface area contributed by atoms with Gasteiger partial charge < -0.3 is 29.4 Å². The first-order valence-corrected chi connectivity index (χ1v) is 7.17. The average molecular weight is 327 g/mol. The fourth-order valence-electron chi connectivity index (χ4n) is 1.68. The van der Waals surface area contributed by atoms with Crippen molar-refractivity contribution in [3.8, 4) is 11.5 Å². The number of hydrogen-bond acceptors (Lipinski definition) is 8. The number of rotatable bonds is 7. The molecule has 1 rings (SSSR count). The van der Waals surface area contributed by atoms with Gasteiger partial charge in [0.05, 0.1) is 19.3 Å². The Morgan fingerprint density at radius 2 is 1.65 bits per heavy atom. The molecule has 0 fully saturated rings. The molecule has 0 aliphatic heterocycles. The Balaban J connectivity index is 3.02. The average Bonchev–Trinajstić information content (AvgIpc) is 2.49. The van der Waals surface area contributed by atoms with Crippen LogP contribution >= 0.6 is 0 Å². The predicted octanol–water partition coefficient (Wildman–Crippen LogP) is 2.01. The Morgan fingerprint density at radius 3 is 2.17 bits per heavy atom. The maximum atomic E-state index is 11.5. The summed E-state index contributed by atoms with van der Waals surface area (Å²) in [6.07, 6.45) is -2.69. The van der Waals surface area contributed by atoms with E-state index in [0.29, 0.717) is 12.1 Å². The largest absolute Gasteiger partial charge is 0.513 e. The molecule has 8 heteroatoms. The number of likely N-dealkylation sites (N-methyl/N-ethyl adjacent to an activating group) is 1. The molecule has 8 nitrogen and oxygen atoms in total. The highest BCUT2D eigenvalue weighted by Crippen LogP contribution is 2.31. The van der Waals surface area contributed by atoms with Crippen molar-refractivity contribution in [1.82, 2.24) is 5.32 Å². The van der Waals surface area contributed by atoms with Crippen LogP contribution in [0.4, 0.5) is 9.59 Å². The van der Waals surface area contributed by atoms with Crippen LogP contribution in [0.15, 0.2) is 18.2 Å². The Morgan fingerprint density at radius 1 is 1.09 bits per heavy atom. The Hall–Kier alpha value is -2.32. The zero-order valence-electron chi connectivity index (χ0n) is 13.3. The summed E-state index contributed by atoms with van der Waals surface area (Å²) in [6, 6.07) is 4.35. The van der Waals surface area contributed by atoms with Crippen molar-refractivity contribution in [2.75, 3.05) is 26.8 Å². The van der Waals surface area contributed by atoms with Crippen LogP contribution in [0.25, 0.3) is 0 Å². The molecule has 128 valence electrons. The van der Waals surface area contributed by atoms with E-state index in [9.17, 15) is 14.7 Å². The minimum atomic E-state index is -0.943. The first kappa shape index (κ1) is 18.7. The van der Waals surface area contributed by atoms with Crippen molar-refractivity contribution in [3.63, 3.8) is 0 Å². The lowest BCUT2D eigenvalue weighted by Crippen LogP contribution is -2.18. The summed E-state index contributed by atoms with van der Waals surface area (Å²) in [4.78, 5) is 22.9. The third-order valence-electron chi connectivity index (χ3n) is 2.66. The Kier molecular flexibility index (Phi) is 7.86. The van der Waals surface area contributed by atoms with E-state index in [4.69, 9.17) is 14.2 Å². The van der Waals surface area contributed by atoms with Crippen molar-refractivity contribution in [1.29, 1.82) is 0 Å². The second-order valence-electron chi connectivity index (χ2n) is 4.35. The SMILES string of the molecule is CCOC(=O)Oc1ccc([C@@H](O)CNC)cc1OC(=O)OCC. The second kappa shape index (κ2) is 9.65. The third-order valence-corrected chi connectivity index (χ3v) is 2.66. The third kappa shape index (κ3) is 6.13. The van der Waals surface area contributed by atoms with Gasteiger partial charge >= 0.3 is 12.3 Å². The zero-order valence-corrected chi connectivity index (χ0v) is 13.3. The quantitative estimate of drug-likeness (QED) is 0.579. The lowest BCUT2D eigenvalue weighted by atomic mass is 10.1.